The van der Waals surface area contributed by atoms with Crippen LogP contribution in [-0.4, -0.2) is 19.3 Å². The van der Waals surface area contributed by atoms with Gasteiger partial charge in [0.15, 0.2) is 18.1 Å². The van der Waals surface area contributed by atoms with E-state index in [4.69, 9.17) is 14.2 Å². The second kappa shape index (κ2) is 4.70. The molecule has 2 aromatic rings. The molecule has 21 heavy (non-hydrogen) atoms. The second-order valence-electron chi connectivity index (χ2n) is 4.91. The fraction of sp³-hybridized carbons (Fsp3) is 0.188. The van der Waals surface area contributed by atoms with Crippen LogP contribution in [0.3, 0.4) is 0 Å². The molecule has 0 spiro atoms. The van der Waals surface area contributed by atoms with E-state index in [9.17, 15) is 4.79 Å². The smallest absolute Gasteiger partial charge is 0.265 e. The summed E-state index contributed by atoms with van der Waals surface area (Å²) in [6, 6.07) is 13.2. The van der Waals surface area contributed by atoms with Gasteiger partial charge in [0.2, 0.25) is 6.79 Å². The third-order valence-corrected chi connectivity index (χ3v) is 3.62. The van der Waals surface area contributed by atoms with Gasteiger partial charge in [-0.15, -0.1) is 0 Å². The van der Waals surface area contributed by atoms with Crippen LogP contribution in [0, 0.1) is 0 Å². The molecule has 2 aliphatic heterocycles. The van der Waals surface area contributed by atoms with E-state index in [0.717, 1.165) is 17.0 Å². The topological polar surface area (TPSA) is 48.0 Å². The highest BCUT2D eigenvalue weighted by molar-refractivity contribution is 5.95. The molecule has 0 atom stereocenters. The van der Waals surface area contributed by atoms with Gasteiger partial charge in [0, 0.05) is 17.3 Å². The van der Waals surface area contributed by atoms with Gasteiger partial charge in [-0.2, -0.15) is 0 Å². The molecule has 4 rings (SSSR count). The molecule has 0 bridgehead atoms. The van der Waals surface area contributed by atoms with Crippen LogP contribution in [0.25, 0.3) is 0 Å². The maximum Gasteiger partial charge on any atom is 0.265 e. The van der Waals surface area contributed by atoms with E-state index in [1.165, 1.54) is 0 Å². The Kier molecular flexibility index (Phi) is 2.70. The number of rotatable bonds is 1. The van der Waals surface area contributed by atoms with Crippen molar-refractivity contribution in [2.75, 3.05) is 18.3 Å². The minimum Gasteiger partial charge on any atom is -0.483 e. The molecule has 0 unspecified atom stereocenters. The predicted octanol–water partition coefficient (Wildman–Crippen LogP) is 2.34. The maximum atomic E-state index is 12.3. The van der Waals surface area contributed by atoms with Crippen LogP contribution in [0.4, 0.5) is 5.69 Å². The van der Waals surface area contributed by atoms with Crippen molar-refractivity contribution in [3.05, 3.63) is 48.0 Å². The van der Waals surface area contributed by atoms with E-state index < -0.39 is 0 Å². The van der Waals surface area contributed by atoms with Crippen LogP contribution < -0.4 is 19.1 Å². The molecule has 5 nitrogen and oxygen atoms in total. The van der Waals surface area contributed by atoms with Gasteiger partial charge in [-0.1, -0.05) is 18.2 Å². The highest BCUT2D eigenvalue weighted by Gasteiger charge is 2.24. The summed E-state index contributed by atoms with van der Waals surface area (Å²) in [4.78, 5) is 14.0. The second-order valence-corrected chi connectivity index (χ2v) is 4.91. The molecule has 2 aliphatic rings. The fourth-order valence-electron chi connectivity index (χ4n) is 2.54. The normalized spacial score (nSPS) is 16.2. The number of benzene rings is 2. The summed E-state index contributed by atoms with van der Waals surface area (Å²) in [5.74, 6) is 2.05. The summed E-state index contributed by atoms with van der Waals surface area (Å²) < 4.78 is 16.2. The van der Waals surface area contributed by atoms with Gasteiger partial charge in [0.25, 0.3) is 5.91 Å². The molecule has 2 heterocycles. The fourth-order valence-corrected chi connectivity index (χ4v) is 2.54. The summed E-state index contributed by atoms with van der Waals surface area (Å²) in [7, 11) is 0. The first-order chi connectivity index (χ1) is 10.3. The number of anilines is 1. The number of carbonyl (C=O) groups excluding carboxylic acids is 1. The molecule has 0 radical (unpaired) electrons. The Morgan fingerprint density at radius 3 is 2.71 bits per heavy atom. The van der Waals surface area contributed by atoms with Crippen LogP contribution in [-0.2, 0) is 11.3 Å². The number of ether oxygens (including phenoxy) is 3. The Hall–Kier alpha value is -2.69. The molecular weight excluding hydrogens is 270 g/mol. The monoisotopic (exact) mass is 283 g/mol. The zero-order valence-corrected chi connectivity index (χ0v) is 11.2. The molecule has 0 aliphatic carbocycles. The van der Waals surface area contributed by atoms with Gasteiger partial charge in [-0.05, 0) is 18.2 Å². The van der Waals surface area contributed by atoms with E-state index in [1.807, 2.05) is 42.5 Å². The van der Waals surface area contributed by atoms with E-state index >= 15 is 0 Å². The minimum absolute atomic E-state index is 0.0332. The van der Waals surface area contributed by atoms with Gasteiger partial charge >= 0.3 is 0 Å². The first-order valence-electron chi connectivity index (χ1n) is 6.72. The largest absolute Gasteiger partial charge is 0.483 e. The molecule has 0 fully saturated rings. The third kappa shape index (κ3) is 2.07. The summed E-state index contributed by atoms with van der Waals surface area (Å²) in [6.07, 6.45) is 0. The van der Waals surface area contributed by atoms with E-state index in [1.54, 1.807) is 4.90 Å². The van der Waals surface area contributed by atoms with Gasteiger partial charge < -0.3 is 19.1 Å². The van der Waals surface area contributed by atoms with E-state index in [-0.39, 0.29) is 19.3 Å². The van der Waals surface area contributed by atoms with Crippen molar-refractivity contribution in [2.45, 2.75) is 6.54 Å². The van der Waals surface area contributed by atoms with Crippen LogP contribution >= 0.6 is 0 Å². The third-order valence-electron chi connectivity index (χ3n) is 3.62. The Labute approximate surface area is 121 Å². The van der Waals surface area contributed by atoms with Crippen molar-refractivity contribution in [3.8, 4) is 17.2 Å². The minimum atomic E-state index is -0.0786. The number of hydrogen-bond acceptors (Lipinski definition) is 4. The van der Waals surface area contributed by atoms with Crippen molar-refractivity contribution in [3.63, 3.8) is 0 Å². The van der Waals surface area contributed by atoms with Crippen molar-refractivity contribution in [2.24, 2.45) is 0 Å². The Morgan fingerprint density at radius 1 is 0.905 bits per heavy atom. The van der Waals surface area contributed by atoms with Crippen molar-refractivity contribution >= 4 is 11.6 Å². The van der Waals surface area contributed by atoms with Crippen LogP contribution in [0.2, 0.25) is 0 Å². The molecule has 1 amide bonds. The number of fused-ring (bicyclic) bond motifs is 2. The van der Waals surface area contributed by atoms with Gasteiger partial charge in [-0.3, -0.25) is 4.79 Å². The molecule has 0 saturated heterocycles. The SMILES string of the molecule is O=C1COc2ccccc2CN1c1ccc2c(c1)OCO2. The molecule has 0 saturated carbocycles. The van der Waals surface area contributed by atoms with Crippen LogP contribution in [0.5, 0.6) is 17.2 Å². The highest BCUT2D eigenvalue weighted by atomic mass is 16.7. The molecular formula is C16H13NO4. The Bertz CT molecular complexity index is 713. The van der Waals surface area contributed by atoms with Crippen LogP contribution in [0.15, 0.2) is 42.5 Å². The summed E-state index contributed by atoms with van der Waals surface area (Å²) in [5, 5.41) is 0. The first kappa shape index (κ1) is 12.1. The lowest BCUT2D eigenvalue weighted by Crippen LogP contribution is -2.32. The van der Waals surface area contributed by atoms with E-state index in [0.29, 0.717) is 18.0 Å². The molecule has 106 valence electrons. The predicted molar refractivity (Wildman–Crippen MR) is 75.7 cm³/mol. The Morgan fingerprint density at radius 2 is 1.76 bits per heavy atom. The van der Waals surface area contributed by atoms with E-state index in [2.05, 4.69) is 0 Å². The first-order valence-corrected chi connectivity index (χ1v) is 6.72. The van der Waals surface area contributed by atoms with Gasteiger partial charge in [0.05, 0.1) is 6.54 Å². The summed E-state index contributed by atoms with van der Waals surface area (Å²) in [6.45, 7) is 0.735. The number of nitrogens with zero attached hydrogens (tertiary/aromatic N) is 1. The number of carbonyl (C=O) groups is 1. The van der Waals surface area contributed by atoms with Crippen molar-refractivity contribution < 1.29 is 19.0 Å². The zero-order valence-electron chi connectivity index (χ0n) is 11.2. The van der Waals surface area contributed by atoms with Crippen molar-refractivity contribution in [1.29, 1.82) is 0 Å². The molecule has 0 aromatic heterocycles. The average Bonchev–Trinajstić information content (AvgIpc) is 2.91. The molecule has 2 aromatic carbocycles. The maximum absolute atomic E-state index is 12.3. The number of hydrogen-bond donors (Lipinski definition) is 0. The van der Waals surface area contributed by atoms with Gasteiger partial charge in [0.1, 0.15) is 5.75 Å². The standard InChI is InChI=1S/C16H13NO4/c18-16-9-19-13-4-2-1-3-11(13)8-17(16)12-5-6-14-15(7-12)21-10-20-14/h1-7H,8-10H2. The van der Waals surface area contributed by atoms with Crippen molar-refractivity contribution in [1.82, 2.24) is 0 Å². The lowest BCUT2D eigenvalue weighted by molar-refractivity contribution is -0.120. The molecule has 0 N–H and O–H groups in total. The summed E-state index contributed by atoms with van der Waals surface area (Å²) >= 11 is 0. The lowest BCUT2D eigenvalue weighted by atomic mass is 10.1. The summed E-state index contributed by atoms with van der Waals surface area (Å²) in [5.41, 5.74) is 1.77. The average molecular weight is 283 g/mol. The molecule has 5 heteroatoms. The highest BCUT2D eigenvalue weighted by Crippen LogP contribution is 2.36. The number of amides is 1. The quantitative estimate of drug-likeness (QED) is 0.806. The number of para-hydroxylation sites is 1. The Balaban J connectivity index is 1.72. The zero-order chi connectivity index (χ0) is 14.2. The van der Waals surface area contributed by atoms with Crippen LogP contribution in [0.1, 0.15) is 5.56 Å². The van der Waals surface area contributed by atoms with Gasteiger partial charge in [-0.25, -0.2) is 0 Å². The lowest BCUT2D eigenvalue weighted by Gasteiger charge is -2.20.